The van der Waals surface area contributed by atoms with Crippen LogP contribution in [0.4, 0.5) is 11.4 Å². The predicted molar refractivity (Wildman–Crippen MR) is 128 cm³/mol. The van der Waals surface area contributed by atoms with E-state index in [1.54, 1.807) is 43.2 Å². The minimum absolute atomic E-state index is 0.0631. The van der Waals surface area contributed by atoms with Gasteiger partial charge in [-0.25, -0.2) is 0 Å². The van der Waals surface area contributed by atoms with Gasteiger partial charge in [-0.15, -0.1) is 0 Å². The maximum Gasteiger partial charge on any atom is 0.258 e. The molecule has 0 unspecified atom stereocenters. The van der Waals surface area contributed by atoms with Crippen molar-refractivity contribution in [3.8, 4) is 5.75 Å². The molecule has 1 heterocycles. The van der Waals surface area contributed by atoms with Gasteiger partial charge in [0, 0.05) is 34.9 Å². The van der Waals surface area contributed by atoms with Crippen LogP contribution in [0.15, 0.2) is 72.8 Å². The van der Waals surface area contributed by atoms with E-state index in [4.69, 9.17) is 16.3 Å². The first kappa shape index (κ1) is 21.9. The second kappa shape index (κ2) is 9.05. The number of ether oxygens (including phenoxy) is 1. The number of carbonyl (C=O) groups is 2. The van der Waals surface area contributed by atoms with E-state index in [2.05, 4.69) is 0 Å². The third-order valence-electron chi connectivity index (χ3n) is 5.85. The normalized spacial score (nSPS) is 17.4. The summed E-state index contributed by atoms with van der Waals surface area (Å²) in [5, 5.41) is 0.615. The van der Waals surface area contributed by atoms with Gasteiger partial charge in [-0.1, -0.05) is 35.9 Å². The average molecular weight is 449 g/mol. The highest BCUT2D eigenvalue weighted by Crippen LogP contribution is 2.43. The Labute approximate surface area is 193 Å². The fourth-order valence-corrected chi connectivity index (χ4v) is 4.54. The third kappa shape index (κ3) is 4.08. The van der Waals surface area contributed by atoms with Crippen LogP contribution < -0.4 is 14.5 Å². The van der Waals surface area contributed by atoms with Crippen molar-refractivity contribution in [2.24, 2.45) is 0 Å². The molecule has 0 aromatic heterocycles. The number of halogens is 1. The number of rotatable bonds is 4. The Bertz CT molecular complexity index is 1150. The summed E-state index contributed by atoms with van der Waals surface area (Å²) >= 11 is 6.06. The quantitative estimate of drug-likeness (QED) is 0.500. The zero-order chi connectivity index (χ0) is 22.8. The Kier molecular flexibility index (Phi) is 6.19. The molecule has 0 spiro atoms. The molecule has 164 valence electrons. The molecule has 0 N–H and O–H groups in total. The molecule has 6 heteroatoms. The number of methoxy groups -OCH3 is 1. The highest BCUT2D eigenvalue weighted by atomic mass is 35.5. The summed E-state index contributed by atoms with van der Waals surface area (Å²) < 4.78 is 5.30. The van der Waals surface area contributed by atoms with E-state index in [0.29, 0.717) is 22.8 Å². The summed E-state index contributed by atoms with van der Waals surface area (Å²) in [5.74, 6) is 0.479. The van der Waals surface area contributed by atoms with Crippen molar-refractivity contribution in [1.29, 1.82) is 0 Å². The summed E-state index contributed by atoms with van der Waals surface area (Å²) in [5.41, 5.74) is 3.09. The number of fused-ring (bicyclic) bond motifs is 1. The second-order valence-corrected chi connectivity index (χ2v) is 8.37. The third-order valence-corrected chi connectivity index (χ3v) is 6.10. The molecule has 1 aliphatic rings. The van der Waals surface area contributed by atoms with Crippen LogP contribution in [0.2, 0.25) is 5.02 Å². The zero-order valence-electron chi connectivity index (χ0n) is 18.3. The molecule has 1 aliphatic heterocycles. The highest BCUT2D eigenvalue weighted by molar-refractivity contribution is 6.30. The molecular formula is C26H25ClN2O3. The number of para-hydroxylation sites is 1. The van der Waals surface area contributed by atoms with Gasteiger partial charge in [0.05, 0.1) is 13.2 Å². The van der Waals surface area contributed by atoms with Crippen molar-refractivity contribution < 1.29 is 14.3 Å². The number of anilines is 2. The first-order valence-corrected chi connectivity index (χ1v) is 10.9. The van der Waals surface area contributed by atoms with Gasteiger partial charge >= 0.3 is 0 Å². The molecule has 0 saturated heterocycles. The van der Waals surface area contributed by atoms with Crippen molar-refractivity contribution in [3.63, 3.8) is 0 Å². The lowest BCUT2D eigenvalue weighted by atomic mass is 9.89. The van der Waals surface area contributed by atoms with Crippen LogP contribution in [0.1, 0.15) is 42.2 Å². The van der Waals surface area contributed by atoms with Crippen molar-refractivity contribution in [3.05, 3.63) is 88.9 Å². The zero-order valence-corrected chi connectivity index (χ0v) is 19.0. The Morgan fingerprint density at radius 1 is 1.03 bits per heavy atom. The van der Waals surface area contributed by atoms with Gasteiger partial charge < -0.3 is 14.5 Å². The van der Waals surface area contributed by atoms with E-state index in [1.807, 2.05) is 60.4 Å². The van der Waals surface area contributed by atoms with Crippen molar-refractivity contribution in [2.75, 3.05) is 16.9 Å². The average Bonchev–Trinajstić information content (AvgIpc) is 2.80. The maximum absolute atomic E-state index is 13.5. The van der Waals surface area contributed by atoms with Crippen LogP contribution in [0.5, 0.6) is 5.75 Å². The van der Waals surface area contributed by atoms with Crippen LogP contribution in [0.25, 0.3) is 0 Å². The lowest BCUT2D eigenvalue weighted by Crippen LogP contribution is -2.47. The van der Waals surface area contributed by atoms with E-state index in [9.17, 15) is 9.59 Å². The smallest absolute Gasteiger partial charge is 0.258 e. The SMILES string of the molecule is COc1cccc(C(=O)N2c3ccccc3[C@@H](N(C(C)=O)c3ccc(Cl)cc3)C[C@H]2C)c1. The number of carbonyl (C=O) groups excluding carboxylic acids is 2. The predicted octanol–water partition coefficient (Wildman–Crippen LogP) is 5.88. The number of benzene rings is 3. The van der Waals surface area contributed by atoms with E-state index < -0.39 is 0 Å². The number of hydrogen-bond acceptors (Lipinski definition) is 3. The largest absolute Gasteiger partial charge is 0.497 e. The molecular weight excluding hydrogens is 424 g/mol. The lowest BCUT2D eigenvalue weighted by Gasteiger charge is -2.43. The first-order chi connectivity index (χ1) is 15.4. The highest BCUT2D eigenvalue weighted by Gasteiger charge is 2.38. The van der Waals surface area contributed by atoms with E-state index >= 15 is 0 Å². The standard InChI is InChI=1S/C26H25ClN2O3/c1-17-15-25(29(18(2)30)21-13-11-20(27)12-14-21)23-9-4-5-10-24(23)28(17)26(31)19-7-6-8-22(16-19)32-3/h4-14,16-17,25H,15H2,1-3H3/t17-,25+/m1/s1. The summed E-state index contributed by atoms with van der Waals surface area (Å²) in [4.78, 5) is 29.9. The van der Waals surface area contributed by atoms with Crippen molar-refractivity contribution in [1.82, 2.24) is 0 Å². The Morgan fingerprint density at radius 2 is 1.75 bits per heavy atom. The second-order valence-electron chi connectivity index (χ2n) is 7.93. The topological polar surface area (TPSA) is 49.9 Å². The van der Waals surface area contributed by atoms with Gasteiger partial charge in [0.2, 0.25) is 5.91 Å². The summed E-state index contributed by atoms with van der Waals surface area (Å²) in [6.45, 7) is 3.58. The first-order valence-electron chi connectivity index (χ1n) is 10.5. The molecule has 0 fully saturated rings. The van der Waals surface area contributed by atoms with Crippen LogP contribution in [-0.4, -0.2) is 25.0 Å². The van der Waals surface area contributed by atoms with Crippen LogP contribution in [0, 0.1) is 0 Å². The van der Waals surface area contributed by atoms with Gasteiger partial charge in [-0.3, -0.25) is 9.59 Å². The Hall–Kier alpha value is -3.31. The number of hydrogen-bond donors (Lipinski definition) is 0. The molecule has 5 nitrogen and oxygen atoms in total. The van der Waals surface area contributed by atoms with Gasteiger partial charge in [0.25, 0.3) is 5.91 Å². The fourth-order valence-electron chi connectivity index (χ4n) is 4.41. The van der Waals surface area contributed by atoms with E-state index in [0.717, 1.165) is 16.9 Å². The fraction of sp³-hybridized carbons (Fsp3) is 0.231. The molecule has 0 aliphatic carbocycles. The van der Waals surface area contributed by atoms with Gasteiger partial charge in [-0.05, 0) is 67.4 Å². The molecule has 3 aromatic carbocycles. The molecule has 0 radical (unpaired) electrons. The van der Waals surface area contributed by atoms with E-state index in [-0.39, 0.29) is 23.9 Å². The monoisotopic (exact) mass is 448 g/mol. The summed E-state index contributed by atoms with van der Waals surface area (Å²) in [6.07, 6.45) is 0.606. The molecule has 3 aromatic rings. The Balaban J connectivity index is 1.77. The molecule has 2 amide bonds. The number of nitrogens with zero attached hydrogens (tertiary/aromatic N) is 2. The van der Waals surface area contributed by atoms with Crippen LogP contribution in [0.3, 0.4) is 0 Å². The number of amides is 2. The van der Waals surface area contributed by atoms with Gasteiger partial charge in [0.1, 0.15) is 5.75 Å². The molecule has 4 rings (SSSR count). The van der Waals surface area contributed by atoms with Crippen LogP contribution >= 0.6 is 11.6 Å². The molecule has 32 heavy (non-hydrogen) atoms. The van der Waals surface area contributed by atoms with Gasteiger partial charge in [-0.2, -0.15) is 0 Å². The lowest BCUT2D eigenvalue weighted by molar-refractivity contribution is -0.117. The van der Waals surface area contributed by atoms with E-state index in [1.165, 1.54) is 0 Å². The molecule has 0 bridgehead atoms. The molecule has 2 atom stereocenters. The molecule has 0 saturated carbocycles. The summed E-state index contributed by atoms with van der Waals surface area (Å²) in [6, 6.07) is 21.9. The summed E-state index contributed by atoms with van der Waals surface area (Å²) in [7, 11) is 1.58. The van der Waals surface area contributed by atoms with Crippen molar-refractivity contribution in [2.45, 2.75) is 32.4 Å². The Morgan fingerprint density at radius 3 is 2.44 bits per heavy atom. The van der Waals surface area contributed by atoms with Crippen LogP contribution in [-0.2, 0) is 4.79 Å². The maximum atomic E-state index is 13.5. The minimum Gasteiger partial charge on any atom is -0.497 e. The minimum atomic E-state index is -0.200. The van der Waals surface area contributed by atoms with Crippen molar-refractivity contribution >= 4 is 34.8 Å². The van der Waals surface area contributed by atoms with Gasteiger partial charge in [0.15, 0.2) is 0 Å².